The van der Waals surface area contributed by atoms with E-state index in [1.807, 2.05) is 0 Å². The molecule has 0 radical (unpaired) electrons. The van der Waals surface area contributed by atoms with E-state index in [4.69, 9.17) is 4.99 Å². The topological polar surface area (TPSA) is 27.6 Å². The van der Waals surface area contributed by atoms with Crippen LogP contribution >= 0.6 is 0 Å². The highest BCUT2D eigenvalue weighted by Crippen LogP contribution is 2.27. The van der Waals surface area contributed by atoms with Gasteiger partial charge in [0, 0.05) is 19.6 Å². The molecule has 3 nitrogen and oxygen atoms in total. The number of piperazine rings is 1. The van der Waals surface area contributed by atoms with Gasteiger partial charge >= 0.3 is 0 Å². The normalized spacial score (nSPS) is 28.7. The lowest BCUT2D eigenvalue weighted by Gasteiger charge is -2.28. The monoisotopic (exact) mass is 181 g/mol. The van der Waals surface area contributed by atoms with Gasteiger partial charge in [-0.3, -0.25) is 4.99 Å². The Hall–Kier alpha value is -0.570. The molecule has 0 bridgehead atoms. The van der Waals surface area contributed by atoms with Crippen LogP contribution in [0, 0.1) is 5.41 Å². The van der Waals surface area contributed by atoms with Crippen molar-refractivity contribution < 1.29 is 0 Å². The molecule has 2 heterocycles. The first kappa shape index (κ1) is 9.00. The first-order chi connectivity index (χ1) is 6.07. The highest BCUT2D eigenvalue weighted by molar-refractivity contribution is 5.86. The van der Waals surface area contributed by atoms with Gasteiger partial charge in [0.2, 0.25) is 0 Å². The first-order valence-electron chi connectivity index (χ1n) is 5.10. The Labute approximate surface area is 80.2 Å². The van der Waals surface area contributed by atoms with Gasteiger partial charge in [0.05, 0.1) is 12.6 Å². The third-order valence-electron chi connectivity index (χ3n) is 2.90. The Kier molecular flexibility index (Phi) is 2.06. The van der Waals surface area contributed by atoms with E-state index in [-0.39, 0.29) is 0 Å². The second kappa shape index (κ2) is 2.98. The summed E-state index contributed by atoms with van der Waals surface area (Å²) in [6.07, 6.45) is 0. The number of nitrogens with zero attached hydrogens (tertiary/aromatic N) is 2. The summed E-state index contributed by atoms with van der Waals surface area (Å²) in [5, 5.41) is 3.36. The molecule has 1 unspecified atom stereocenters. The van der Waals surface area contributed by atoms with Gasteiger partial charge in [-0.15, -0.1) is 0 Å². The molecule has 0 amide bonds. The SMILES string of the molecule is CC(C)(C)C1CN2CCNCC2=N1. The van der Waals surface area contributed by atoms with E-state index in [2.05, 4.69) is 31.0 Å². The standard InChI is InChI=1S/C10H19N3/c1-10(2,3)8-7-13-5-4-11-6-9(13)12-8/h8,11H,4-7H2,1-3H3. The lowest BCUT2D eigenvalue weighted by molar-refractivity contribution is 0.284. The van der Waals surface area contributed by atoms with Crippen molar-refractivity contribution in [3.05, 3.63) is 0 Å². The minimum absolute atomic E-state index is 0.310. The zero-order valence-corrected chi connectivity index (χ0v) is 8.80. The molecular formula is C10H19N3. The molecule has 0 spiro atoms. The van der Waals surface area contributed by atoms with Crippen molar-refractivity contribution in [1.82, 2.24) is 10.2 Å². The molecule has 0 aromatic rings. The fourth-order valence-electron chi connectivity index (χ4n) is 1.88. The maximum atomic E-state index is 4.76. The summed E-state index contributed by atoms with van der Waals surface area (Å²) in [5.74, 6) is 1.27. The average molecular weight is 181 g/mol. The third kappa shape index (κ3) is 1.70. The Bertz CT molecular complexity index is 227. The molecule has 0 aromatic carbocycles. The van der Waals surface area contributed by atoms with Gasteiger partial charge in [-0.25, -0.2) is 0 Å². The predicted molar refractivity (Wildman–Crippen MR) is 55.1 cm³/mol. The summed E-state index contributed by atoms with van der Waals surface area (Å²) in [6, 6.07) is 0.488. The van der Waals surface area contributed by atoms with E-state index < -0.39 is 0 Å². The van der Waals surface area contributed by atoms with Crippen molar-refractivity contribution in [2.75, 3.05) is 26.2 Å². The second-order valence-corrected chi connectivity index (χ2v) is 5.05. The van der Waals surface area contributed by atoms with Gasteiger partial charge in [-0.1, -0.05) is 20.8 Å². The molecule has 3 heteroatoms. The van der Waals surface area contributed by atoms with Crippen LogP contribution in [0.5, 0.6) is 0 Å². The van der Waals surface area contributed by atoms with E-state index in [1.165, 1.54) is 5.84 Å². The van der Waals surface area contributed by atoms with E-state index in [1.54, 1.807) is 0 Å². The van der Waals surface area contributed by atoms with Gasteiger partial charge in [0.25, 0.3) is 0 Å². The van der Waals surface area contributed by atoms with Crippen LogP contribution < -0.4 is 5.32 Å². The number of fused-ring (bicyclic) bond motifs is 1. The van der Waals surface area contributed by atoms with Crippen LogP contribution in [0.2, 0.25) is 0 Å². The van der Waals surface area contributed by atoms with Gasteiger partial charge in [-0.2, -0.15) is 0 Å². The zero-order chi connectivity index (χ0) is 9.47. The smallest absolute Gasteiger partial charge is 0.113 e. The molecule has 2 aliphatic heterocycles. The molecule has 1 saturated heterocycles. The maximum absolute atomic E-state index is 4.76. The molecule has 0 aromatic heterocycles. The van der Waals surface area contributed by atoms with Crippen LogP contribution in [0.4, 0.5) is 0 Å². The highest BCUT2D eigenvalue weighted by atomic mass is 15.3. The van der Waals surface area contributed by atoms with Crippen LogP contribution in [0.1, 0.15) is 20.8 Å². The van der Waals surface area contributed by atoms with E-state index >= 15 is 0 Å². The van der Waals surface area contributed by atoms with Gasteiger partial charge in [0.1, 0.15) is 5.84 Å². The molecule has 0 saturated carbocycles. The lowest BCUT2D eigenvalue weighted by atomic mass is 9.87. The van der Waals surface area contributed by atoms with Crippen LogP contribution in [0.15, 0.2) is 4.99 Å². The van der Waals surface area contributed by atoms with Gasteiger partial charge in [-0.05, 0) is 5.41 Å². The Balaban J connectivity index is 2.09. The van der Waals surface area contributed by atoms with Crippen molar-refractivity contribution in [3.63, 3.8) is 0 Å². The number of hydrogen-bond donors (Lipinski definition) is 1. The molecule has 13 heavy (non-hydrogen) atoms. The fraction of sp³-hybridized carbons (Fsp3) is 0.900. The summed E-state index contributed by atoms with van der Waals surface area (Å²) in [6.45, 7) is 11.1. The molecule has 1 N–H and O–H groups in total. The van der Waals surface area contributed by atoms with Crippen LogP contribution in [0.3, 0.4) is 0 Å². The molecule has 2 rings (SSSR count). The number of hydrogen-bond acceptors (Lipinski definition) is 3. The summed E-state index contributed by atoms with van der Waals surface area (Å²) in [4.78, 5) is 7.18. The second-order valence-electron chi connectivity index (χ2n) is 5.05. The van der Waals surface area contributed by atoms with Gasteiger partial charge < -0.3 is 10.2 Å². The van der Waals surface area contributed by atoms with Crippen molar-refractivity contribution in [2.45, 2.75) is 26.8 Å². The van der Waals surface area contributed by atoms with Crippen molar-refractivity contribution in [1.29, 1.82) is 0 Å². The van der Waals surface area contributed by atoms with Crippen LogP contribution in [-0.4, -0.2) is 43.0 Å². The summed E-state index contributed by atoms with van der Waals surface area (Å²) < 4.78 is 0. The van der Waals surface area contributed by atoms with Gasteiger partial charge in [0.15, 0.2) is 0 Å². The summed E-state index contributed by atoms with van der Waals surface area (Å²) in [7, 11) is 0. The first-order valence-corrected chi connectivity index (χ1v) is 5.10. The van der Waals surface area contributed by atoms with E-state index in [9.17, 15) is 0 Å². The molecule has 74 valence electrons. The Morgan fingerprint density at radius 1 is 1.46 bits per heavy atom. The number of aliphatic imine (C=N–C) groups is 1. The maximum Gasteiger partial charge on any atom is 0.113 e. The molecule has 0 aliphatic carbocycles. The average Bonchev–Trinajstić information content (AvgIpc) is 2.45. The Morgan fingerprint density at radius 2 is 2.23 bits per heavy atom. The van der Waals surface area contributed by atoms with Crippen LogP contribution in [0.25, 0.3) is 0 Å². The number of rotatable bonds is 0. The summed E-state index contributed by atoms with van der Waals surface area (Å²) in [5.41, 5.74) is 0.310. The predicted octanol–water partition coefficient (Wildman–Crippen LogP) is 0.718. The zero-order valence-electron chi connectivity index (χ0n) is 8.80. The third-order valence-corrected chi connectivity index (χ3v) is 2.90. The van der Waals surface area contributed by atoms with Crippen molar-refractivity contribution in [3.8, 4) is 0 Å². The molecular weight excluding hydrogens is 162 g/mol. The fourth-order valence-corrected chi connectivity index (χ4v) is 1.88. The van der Waals surface area contributed by atoms with Crippen LogP contribution in [-0.2, 0) is 0 Å². The quantitative estimate of drug-likeness (QED) is 0.596. The van der Waals surface area contributed by atoms with E-state index in [0.29, 0.717) is 11.5 Å². The minimum atomic E-state index is 0.310. The summed E-state index contributed by atoms with van der Waals surface area (Å²) >= 11 is 0. The lowest BCUT2D eigenvalue weighted by Crippen LogP contribution is -2.46. The largest absolute Gasteiger partial charge is 0.356 e. The molecule has 1 fully saturated rings. The highest BCUT2D eigenvalue weighted by Gasteiger charge is 2.33. The van der Waals surface area contributed by atoms with Crippen molar-refractivity contribution in [2.24, 2.45) is 10.4 Å². The molecule has 2 aliphatic rings. The minimum Gasteiger partial charge on any atom is -0.356 e. The number of nitrogens with one attached hydrogen (secondary N) is 1. The Morgan fingerprint density at radius 3 is 2.85 bits per heavy atom. The van der Waals surface area contributed by atoms with E-state index in [0.717, 1.165) is 26.2 Å². The van der Waals surface area contributed by atoms with Crippen molar-refractivity contribution >= 4 is 5.84 Å². The number of amidine groups is 1. The molecule has 1 atom stereocenters.